The van der Waals surface area contributed by atoms with Gasteiger partial charge in [0.15, 0.2) is 0 Å². The summed E-state index contributed by atoms with van der Waals surface area (Å²) in [6.07, 6.45) is 5.46. The van der Waals surface area contributed by atoms with Crippen molar-refractivity contribution in [3.63, 3.8) is 0 Å². The van der Waals surface area contributed by atoms with Crippen LogP contribution in [0.4, 0.5) is 5.82 Å². The molecule has 0 saturated carbocycles. The molecule has 5 nitrogen and oxygen atoms in total. The van der Waals surface area contributed by atoms with Gasteiger partial charge >= 0.3 is 0 Å². The average molecular weight is 305 g/mol. The molecule has 1 aliphatic heterocycles. The van der Waals surface area contributed by atoms with Crippen molar-refractivity contribution in [1.29, 1.82) is 0 Å². The molecule has 1 aromatic carbocycles. The standard InChI is InChI=1S/C18H19N5/c1-3-17-19-9-13-6-7-23(10-16(13)22-17)18-14-8-12(2)4-5-15(14)20-11-21-18/h4-5,8-9,11H,3,6-7,10H2,1-2H3. The quantitative estimate of drug-likeness (QED) is 0.728. The Hall–Kier alpha value is -2.56. The van der Waals surface area contributed by atoms with Gasteiger partial charge in [0.1, 0.15) is 18.0 Å². The second kappa shape index (κ2) is 5.57. The molecule has 2 aromatic heterocycles. The minimum atomic E-state index is 0.783. The summed E-state index contributed by atoms with van der Waals surface area (Å²) in [6.45, 7) is 5.90. The molecule has 0 bridgehead atoms. The Morgan fingerprint density at radius 2 is 2.09 bits per heavy atom. The van der Waals surface area contributed by atoms with Crippen LogP contribution >= 0.6 is 0 Å². The van der Waals surface area contributed by atoms with Crippen molar-refractivity contribution in [2.75, 3.05) is 11.4 Å². The number of aryl methyl sites for hydroxylation is 2. The van der Waals surface area contributed by atoms with Crippen molar-refractivity contribution in [2.24, 2.45) is 0 Å². The fraction of sp³-hybridized carbons (Fsp3) is 0.333. The second-order valence-corrected chi connectivity index (χ2v) is 6.00. The molecule has 116 valence electrons. The lowest BCUT2D eigenvalue weighted by Gasteiger charge is -2.29. The third-order valence-corrected chi connectivity index (χ3v) is 4.38. The normalized spacial score (nSPS) is 14.1. The summed E-state index contributed by atoms with van der Waals surface area (Å²) >= 11 is 0. The molecule has 0 saturated heterocycles. The van der Waals surface area contributed by atoms with Crippen LogP contribution in [0.15, 0.2) is 30.7 Å². The van der Waals surface area contributed by atoms with Crippen LogP contribution < -0.4 is 4.90 Å². The number of anilines is 1. The predicted molar refractivity (Wildman–Crippen MR) is 90.4 cm³/mol. The average Bonchev–Trinajstić information content (AvgIpc) is 2.60. The molecule has 0 spiro atoms. The molecule has 0 amide bonds. The molecular weight excluding hydrogens is 286 g/mol. The van der Waals surface area contributed by atoms with Crippen LogP contribution in [0.25, 0.3) is 10.9 Å². The number of hydrogen-bond donors (Lipinski definition) is 0. The van der Waals surface area contributed by atoms with E-state index in [2.05, 4.69) is 51.9 Å². The van der Waals surface area contributed by atoms with Crippen LogP contribution in [-0.2, 0) is 19.4 Å². The first-order chi connectivity index (χ1) is 11.2. The maximum Gasteiger partial charge on any atom is 0.140 e. The number of fused-ring (bicyclic) bond motifs is 2. The van der Waals surface area contributed by atoms with Crippen molar-refractivity contribution in [2.45, 2.75) is 33.2 Å². The zero-order valence-electron chi connectivity index (χ0n) is 13.5. The number of rotatable bonds is 2. The molecule has 5 heteroatoms. The van der Waals surface area contributed by atoms with E-state index in [0.29, 0.717) is 0 Å². The van der Waals surface area contributed by atoms with Crippen LogP contribution in [0.3, 0.4) is 0 Å². The number of aromatic nitrogens is 4. The highest BCUT2D eigenvalue weighted by molar-refractivity contribution is 5.89. The van der Waals surface area contributed by atoms with E-state index in [-0.39, 0.29) is 0 Å². The molecule has 3 heterocycles. The Morgan fingerprint density at radius 1 is 1.17 bits per heavy atom. The monoisotopic (exact) mass is 305 g/mol. The van der Waals surface area contributed by atoms with Gasteiger partial charge in [-0.25, -0.2) is 19.9 Å². The van der Waals surface area contributed by atoms with E-state index < -0.39 is 0 Å². The minimum Gasteiger partial charge on any atom is -0.350 e. The summed E-state index contributed by atoms with van der Waals surface area (Å²) in [7, 11) is 0. The Bertz CT molecular complexity index is 874. The summed E-state index contributed by atoms with van der Waals surface area (Å²) in [5.74, 6) is 1.91. The molecule has 23 heavy (non-hydrogen) atoms. The molecule has 0 fully saturated rings. The van der Waals surface area contributed by atoms with Crippen LogP contribution in [0.1, 0.15) is 29.6 Å². The highest BCUT2D eigenvalue weighted by atomic mass is 15.2. The largest absolute Gasteiger partial charge is 0.350 e. The molecular formula is C18H19N5. The maximum absolute atomic E-state index is 4.71. The van der Waals surface area contributed by atoms with Gasteiger partial charge in [0.05, 0.1) is 17.8 Å². The summed E-state index contributed by atoms with van der Waals surface area (Å²) in [4.78, 5) is 20.4. The third kappa shape index (κ3) is 2.52. The Labute approximate surface area is 135 Å². The lowest BCUT2D eigenvalue weighted by Crippen LogP contribution is -2.32. The number of nitrogens with zero attached hydrogens (tertiary/aromatic N) is 5. The van der Waals surface area contributed by atoms with E-state index >= 15 is 0 Å². The Morgan fingerprint density at radius 3 is 2.96 bits per heavy atom. The summed E-state index contributed by atoms with van der Waals surface area (Å²) in [6, 6.07) is 6.31. The SMILES string of the molecule is CCc1ncc2c(n1)CN(c1ncnc3ccc(C)cc13)CC2. The fourth-order valence-electron chi connectivity index (χ4n) is 3.10. The zero-order valence-corrected chi connectivity index (χ0v) is 13.5. The van der Waals surface area contributed by atoms with E-state index in [1.807, 2.05) is 6.20 Å². The molecule has 0 aliphatic carbocycles. The van der Waals surface area contributed by atoms with Crippen molar-refractivity contribution >= 4 is 16.7 Å². The van der Waals surface area contributed by atoms with Crippen LogP contribution in [-0.4, -0.2) is 26.5 Å². The van der Waals surface area contributed by atoms with E-state index in [1.165, 1.54) is 11.1 Å². The van der Waals surface area contributed by atoms with Crippen LogP contribution in [0.5, 0.6) is 0 Å². The van der Waals surface area contributed by atoms with Gasteiger partial charge in [-0.2, -0.15) is 0 Å². The van der Waals surface area contributed by atoms with Crippen molar-refractivity contribution < 1.29 is 0 Å². The highest BCUT2D eigenvalue weighted by Gasteiger charge is 2.21. The maximum atomic E-state index is 4.71. The van der Waals surface area contributed by atoms with Crippen molar-refractivity contribution in [3.05, 3.63) is 53.4 Å². The van der Waals surface area contributed by atoms with Gasteiger partial charge in [0.25, 0.3) is 0 Å². The fourth-order valence-corrected chi connectivity index (χ4v) is 3.10. The first-order valence-electron chi connectivity index (χ1n) is 8.04. The molecule has 0 N–H and O–H groups in total. The topological polar surface area (TPSA) is 54.8 Å². The van der Waals surface area contributed by atoms with E-state index in [9.17, 15) is 0 Å². The Balaban J connectivity index is 1.76. The van der Waals surface area contributed by atoms with Crippen molar-refractivity contribution in [1.82, 2.24) is 19.9 Å². The van der Waals surface area contributed by atoms with E-state index in [4.69, 9.17) is 4.98 Å². The van der Waals surface area contributed by atoms with Crippen LogP contribution in [0.2, 0.25) is 0 Å². The summed E-state index contributed by atoms with van der Waals surface area (Å²) < 4.78 is 0. The van der Waals surface area contributed by atoms with Gasteiger partial charge in [-0.1, -0.05) is 18.6 Å². The van der Waals surface area contributed by atoms with Gasteiger partial charge in [0.2, 0.25) is 0 Å². The molecule has 3 aromatic rings. The predicted octanol–water partition coefficient (Wildman–Crippen LogP) is 2.85. The van der Waals surface area contributed by atoms with Gasteiger partial charge in [-0.3, -0.25) is 0 Å². The van der Waals surface area contributed by atoms with Crippen molar-refractivity contribution in [3.8, 4) is 0 Å². The van der Waals surface area contributed by atoms with E-state index in [0.717, 1.165) is 54.2 Å². The Kier molecular flexibility index (Phi) is 3.41. The second-order valence-electron chi connectivity index (χ2n) is 6.00. The molecule has 0 radical (unpaired) electrons. The summed E-state index contributed by atoms with van der Waals surface area (Å²) in [5.41, 5.74) is 4.60. The third-order valence-electron chi connectivity index (χ3n) is 4.38. The highest BCUT2D eigenvalue weighted by Crippen LogP contribution is 2.28. The smallest absolute Gasteiger partial charge is 0.140 e. The lowest BCUT2D eigenvalue weighted by molar-refractivity contribution is 0.686. The summed E-state index contributed by atoms with van der Waals surface area (Å²) in [5, 5.41) is 1.11. The van der Waals surface area contributed by atoms with Gasteiger partial charge < -0.3 is 4.90 Å². The first-order valence-corrected chi connectivity index (χ1v) is 8.04. The van der Waals surface area contributed by atoms with Gasteiger partial charge in [-0.15, -0.1) is 0 Å². The molecule has 0 atom stereocenters. The molecule has 1 aliphatic rings. The zero-order chi connectivity index (χ0) is 15.8. The minimum absolute atomic E-state index is 0.783. The lowest BCUT2D eigenvalue weighted by atomic mass is 10.1. The molecule has 0 unspecified atom stereocenters. The van der Waals surface area contributed by atoms with E-state index in [1.54, 1.807) is 6.33 Å². The van der Waals surface area contributed by atoms with Gasteiger partial charge in [-0.05, 0) is 31.0 Å². The number of hydrogen-bond acceptors (Lipinski definition) is 5. The number of benzene rings is 1. The van der Waals surface area contributed by atoms with Crippen LogP contribution in [0, 0.1) is 6.92 Å². The van der Waals surface area contributed by atoms with Gasteiger partial charge in [0, 0.05) is 24.5 Å². The molecule has 4 rings (SSSR count). The first kappa shape index (κ1) is 14.1.